The highest BCUT2D eigenvalue weighted by molar-refractivity contribution is 7.47. The number of ether oxygens (including phenoxy) is 4. The van der Waals surface area contributed by atoms with E-state index in [-0.39, 0.29) is 25.7 Å². The summed E-state index contributed by atoms with van der Waals surface area (Å²) in [7, 11) is -9.93. The van der Waals surface area contributed by atoms with Crippen LogP contribution in [-0.2, 0) is 65.4 Å². The quantitative estimate of drug-likeness (QED) is 0.0222. The molecule has 612 valence electrons. The molecule has 0 aromatic carbocycles. The largest absolute Gasteiger partial charge is 0.472 e. The maximum Gasteiger partial charge on any atom is 0.472 e. The molecule has 0 aliphatic heterocycles. The Morgan fingerprint density at radius 2 is 0.447 bits per heavy atom. The predicted octanol–water partition coefficient (Wildman–Crippen LogP) is 25.5. The first-order chi connectivity index (χ1) is 49.9. The van der Waals surface area contributed by atoms with Crippen LogP contribution in [0.2, 0.25) is 0 Å². The van der Waals surface area contributed by atoms with Gasteiger partial charge in [-0.25, -0.2) is 9.13 Å². The van der Waals surface area contributed by atoms with Gasteiger partial charge in [0, 0.05) is 25.7 Å². The third-order valence-corrected chi connectivity index (χ3v) is 21.6. The zero-order chi connectivity index (χ0) is 75.6. The van der Waals surface area contributed by atoms with Crippen LogP contribution in [0.4, 0.5) is 0 Å². The van der Waals surface area contributed by atoms with E-state index >= 15 is 0 Å². The van der Waals surface area contributed by atoms with E-state index in [1.54, 1.807) is 0 Å². The number of aliphatic hydroxyl groups is 1. The first-order valence-corrected chi connectivity index (χ1v) is 46.5. The fourth-order valence-electron chi connectivity index (χ4n) is 13.1. The molecule has 103 heavy (non-hydrogen) atoms. The number of rotatable bonds is 83. The van der Waals surface area contributed by atoms with Crippen molar-refractivity contribution in [2.24, 2.45) is 11.8 Å². The molecule has 3 N–H and O–H groups in total. The lowest BCUT2D eigenvalue weighted by Crippen LogP contribution is -2.30. The zero-order valence-electron chi connectivity index (χ0n) is 67.6. The molecule has 0 aliphatic carbocycles. The molecule has 0 aromatic heterocycles. The van der Waals surface area contributed by atoms with Crippen molar-refractivity contribution < 1.29 is 80.2 Å². The third-order valence-electron chi connectivity index (χ3n) is 19.7. The van der Waals surface area contributed by atoms with E-state index in [0.717, 1.165) is 102 Å². The summed E-state index contributed by atoms with van der Waals surface area (Å²) in [5.74, 6) is -0.499. The van der Waals surface area contributed by atoms with Crippen LogP contribution in [-0.4, -0.2) is 96.7 Å². The van der Waals surface area contributed by atoms with Crippen molar-refractivity contribution in [3.05, 3.63) is 0 Å². The summed E-state index contributed by atoms with van der Waals surface area (Å²) in [5, 5.41) is 10.7. The van der Waals surface area contributed by atoms with Gasteiger partial charge >= 0.3 is 39.5 Å². The average molecular weight is 1510 g/mol. The van der Waals surface area contributed by atoms with Crippen LogP contribution >= 0.6 is 15.6 Å². The van der Waals surface area contributed by atoms with Crippen molar-refractivity contribution in [3.63, 3.8) is 0 Å². The van der Waals surface area contributed by atoms with E-state index in [9.17, 15) is 43.2 Å². The molecule has 0 radical (unpaired) electrons. The monoisotopic (exact) mass is 1510 g/mol. The Morgan fingerprint density at radius 1 is 0.262 bits per heavy atom. The second-order valence-electron chi connectivity index (χ2n) is 31.2. The minimum Gasteiger partial charge on any atom is -0.462 e. The summed E-state index contributed by atoms with van der Waals surface area (Å²) < 4.78 is 68.9. The Balaban J connectivity index is 5.27. The van der Waals surface area contributed by atoms with Crippen molar-refractivity contribution in [2.75, 3.05) is 39.6 Å². The number of unbranched alkanes of at least 4 members (excludes halogenated alkanes) is 53. The van der Waals surface area contributed by atoms with Gasteiger partial charge in [-0.15, -0.1) is 0 Å². The van der Waals surface area contributed by atoms with Crippen molar-refractivity contribution >= 4 is 39.5 Å². The van der Waals surface area contributed by atoms with Crippen molar-refractivity contribution in [2.45, 2.75) is 464 Å². The van der Waals surface area contributed by atoms with Crippen molar-refractivity contribution in [3.8, 4) is 0 Å². The number of phosphoric acid groups is 2. The number of hydrogen-bond donors (Lipinski definition) is 3. The molecule has 0 saturated heterocycles. The molecule has 19 heteroatoms. The summed E-state index contributed by atoms with van der Waals surface area (Å²) >= 11 is 0. The molecule has 17 nitrogen and oxygen atoms in total. The van der Waals surface area contributed by atoms with Gasteiger partial charge in [0.1, 0.15) is 19.3 Å². The molecule has 2 unspecified atom stereocenters. The highest BCUT2D eigenvalue weighted by atomic mass is 31.2. The van der Waals surface area contributed by atoms with Crippen LogP contribution in [0, 0.1) is 11.8 Å². The van der Waals surface area contributed by atoms with E-state index in [2.05, 4.69) is 41.5 Å². The highest BCUT2D eigenvalue weighted by Gasteiger charge is 2.30. The molecule has 0 fully saturated rings. The van der Waals surface area contributed by atoms with Gasteiger partial charge in [-0.2, -0.15) is 0 Å². The minimum absolute atomic E-state index is 0.108. The molecule has 0 bridgehead atoms. The van der Waals surface area contributed by atoms with Gasteiger partial charge in [0.2, 0.25) is 0 Å². The summed E-state index contributed by atoms with van der Waals surface area (Å²) in [5.41, 5.74) is 0. The van der Waals surface area contributed by atoms with Gasteiger partial charge in [0.25, 0.3) is 0 Å². The second kappa shape index (κ2) is 75.5. The number of esters is 4. The smallest absolute Gasteiger partial charge is 0.462 e. The summed E-state index contributed by atoms with van der Waals surface area (Å²) in [6, 6.07) is 0. The van der Waals surface area contributed by atoms with E-state index in [1.165, 1.54) is 263 Å². The molecule has 0 aromatic rings. The molecule has 0 amide bonds. The molecule has 0 aliphatic rings. The zero-order valence-corrected chi connectivity index (χ0v) is 69.4. The number of aliphatic hydroxyl groups excluding tert-OH is 1. The summed E-state index contributed by atoms with van der Waals surface area (Å²) in [6.07, 6.45) is 66.4. The number of hydrogen-bond acceptors (Lipinski definition) is 15. The molecule has 0 rings (SSSR count). The van der Waals surface area contributed by atoms with Gasteiger partial charge in [-0.1, -0.05) is 395 Å². The third kappa shape index (κ3) is 78.0. The minimum atomic E-state index is -4.96. The maximum absolute atomic E-state index is 13.1. The first kappa shape index (κ1) is 101. The lowest BCUT2D eigenvalue weighted by molar-refractivity contribution is -0.161. The Morgan fingerprint density at radius 3 is 0.660 bits per heavy atom. The fraction of sp³-hybridized carbons (Fsp3) is 0.952. The second-order valence-corrected chi connectivity index (χ2v) is 34.1. The van der Waals surface area contributed by atoms with Crippen LogP contribution in [0.1, 0.15) is 446 Å². The van der Waals surface area contributed by atoms with Gasteiger partial charge < -0.3 is 33.8 Å². The standard InChI is InChI=1S/C84H164O17P2/c1-7-9-11-13-15-17-19-21-23-32-38-44-50-56-62-68-83(88)100-79(72-94-81(86)66-60-54-48-42-36-28-20-18-16-14-12-10-8-2)74-98-102(90,91)96-70-78(85)71-97-103(92,93)99-75-80(73-95-82(87)67-61-55-49-43-37-31-27-26-30-35-41-47-53-59-65-77(5)6)101-84(89)69-63-57-51-45-39-33-25-22-24-29-34-40-46-52-58-64-76(3)4/h76-80,85H,7-75H2,1-6H3,(H,90,91)(H,92,93)/t78-,79+,80+/m0/s1. The maximum atomic E-state index is 13.1. The SMILES string of the molecule is CCCCCCCCCCCCCCCCCC(=O)O[C@H](COC(=O)CCCCCCCCCCCCCCC)COP(=O)(O)OC[C@H](O)COP(=O)(O)OC[C@@H](COC(=O)CCCCCCCCCCCCCCCCC(C)C)OC(=O)CCCCCCCCCCCCCCCCCC(C)C. The van der Waals surface area contributed by atoms with Crippen LogP contribution < -0.4 is 0 Å². The topological polar surface area (TPSA) is 237 Å². The van der Waals surface area contributed by atoms with Gasteiger partial charge in [-0.05, 0) is 37.5 Å². The van der Waals surface area contributed by atoms with Crippen LogP contribution in [0.5, 0.6) is 0 Å². The Kier molecular flexibility index (Phi) is 74.1. The highest BCUT2D eigenvalue weighted by Crippen LogP contribution is 2.45. The van der Waals surface area contributed by atoms with Crippen molar-refractivity contribution in [1.29, 1.82) is 0 Å². The molecule has 0 saturated carbocycles. The molecular weight excluding hydrogens is 1340 g/mol. The molecule has 5 atom stereocenters. The van der Waals surface area contributed by atoms with E-state index in [4.69, 9.17) is 37.0 Å². The molecule has 0 heterocycles. The Bertz CT molecular complexity index is 1980. The van der Waals surface area contributed by atoms with E-state index in [0.29, 0.717) is 25.7 Å². The van der Waals surface area contributed by atoms with Crippen LogP contribution in [0.25, 0.3) is 0 Å². The van der Waals surface area contributed by atoms with Crippen LogP contribution in [0.15, 0.2) is 0 Å². The summed E-state index contributed by atoms with van der Waals surface area (Å²) in [6.45, 7) is 9.72. The Labute approximate surface area is 632 Å². The number of carbonyl (C=O) groups is 4. The van der Waals surface area contributed by atoms with Gasteiger partial charge in [0.05, 0.1) is 26.4 Å². The van der Waals surface area contributed by atoms with E-state index in [1.807, 2.05) is 0 Å². The molecular formula is C84H164O17P2. The van der Waals surface area contributed by atoms with Gasteiger partial charge in [0.15, 0.2) is 12.2 Å². The fourth-order valence-corrected chi connectivity index (χ4v) is 14.6. The number of phosphoric ester groups is 2. The Hall–Kier alpha value is -1.94. The molecule has 0 spiro atoms. The normalized spacial score (nSPS) is 13.9. The van der Waals surface area contributed by atoms with Crippen LogP contribution in [0.3, 0.4) is 0 Å². The lowest BCUT2D eigenvalue weighted by Gasteiger charge is -2.21. The van der Waals surface area contributed by atoms with E-state index < -0.39 is 97.5 Å². The predicted molar refractivity (Wildman–Crippen MR) is 423 cm³/mol. The summed E-state index contributed by atoms with van der Waals surface area (Å²) in [4.78, 5) is 73.2. The number of carbonyl (C=O) groups excluding carboxylic acids is 4. The van der Waals surface area contributed by atoms with Crippen molar-refractivity contribution in [1.82, 2.24) is 0 Å². The van der Waals surface area contributed by atoms with Gasteiger partial charge in [-0.3, -0.25) is 37.3 Å². The lowest BCUT2D eigenvalue weighted by atomic mass is 10.0. The average Bonchev–Trinajstić information content (AvgIpc) is 0.959. The first-order valence-electron chi connectivity index (χ1n) is 43.5.